The minimum Gasteiger partial charge on any atom is -0.480 e. The monoisotopic (exact) mass is 355 g/mol. The molecule has 1 aliphatic rings. The number of sulfone groups is 1. The number of alkyl halides is 2. The van der Waals surface area contributed by atoms with Gasteiger partial charge in [0.05, 0.1) is 4.90 Å². The molecule has 1 N–H and O–H groups in total. The molecule has 1 aliphatic heterocycles. The van der Waals surface area contributed by atoms with E-state index in [1.807, 2.05) is 0 Å². The number of hydrogen-bond acceptors (Lipinski definition) is 4. The van der Waals surface area contributed by atoms with Crippen LogP contribution in [0.4, 0.5) is 8.78 Å². The average Bonchev–Trinajstić information content (AvgIpc) is 2.87. The Hall–Kier alpha value is -1.25. The molecule has 1 aromatic carbocycles. The second kappa shape index (κ2) is 7.34. The van der Waals surface area contributed by atoms with Crippen LogP contribution in [0.5, 0.6) is 0 Å². The van der Waals surface area contributed by atoms with Gasteiger partial charge in [-0.15, -0.1) is 12.4 Å². The first kappa shape index (κ1) is 18.8. The number of aliphatic carboxylic acids is 1. The maximum Gasteiger partial charge on any atom is 0.341 e. The summed E-state index contributed by atoms with van der Waals surface area (Å²) in [5, 5.41) is 9.07. The fraction of sp³-hybridized carbons (Fsp3) is 0.462. The lowest BCUT2D eigenvalue weighted by Crippen LogP contribution is -2.35. The fourth-order valence-corrected chi connectivity index (χ4v) is 3.14. The van der Waals surface area contributed by atoms with Crippen LogP contribution in [-0.2, 0) is 21.2 Å². The summed E-state index contributed by atoms with van der Waals surface area (Å²) in [4.78, 5) is 12.4. The first-order chi connectivity index (χ1) is 9.82. The van der Waals surface area contributed by atoms with Crippen molar-refractivity contribution in [3.63, 3.8) is 0 Å². The minimum absolute atomic E-state index is 0. The van der Waals surface area contributed by atoms with E-state index in [2.05, 4.69) is 0 Å². The Morgan fingerprint density at radius 2 is 1.91 bits per heavy atom. The molecule has 1 fully saturated rings. The largest absolute Gasteiger partial charge is 0.480 e. The fourth-order valence-electron chi connectivity index (χ4n) is 2.42. The number of carbonyl (C=O) groups is 1. The van der Waals surface area contributed by atoms with E-state index in [1.54, 1.807) is 4.90 Å². The third kappa shape index (κ3) is 3.93. The molecule has 2 rings (SSSR count). The van der Waals surface area contributed by atoms with E-state index in [4.69, 9.17) is 5.11 Å². The number of likely N-dealkylation sites (tertiary alicyclic amines) is 1. The Bertz CT molecular complexity index is 621. The van der Waals surface area contributed by atoms with Gasteiger partial charge < -0.3 is 5.11 Å². The zero-order valence-electron chi connectivity index (χ0n) is 11.5. The standard InChI is InChI=1S/C13H15F2NO4S.ClH/c14-13(15)21(19,20)10-5-3-9(4-6-10)8-16-7-1-2-11(16)12(17)18;/h3-6,11,13H,1-2,7-8H2,(H,17,18);1H. The molecule has 0 aromatic heterocycles. The summed E-state index contributed by atoms with van der Waals surface area (Å²) in [6.07, 6.45) is 1.36. The molecule has 1 saturated heterocycles. The lowest BCUT2D eigenvalue weighted by molar-refractivity contribution is -0.142. The molecule has 0 bridgehead atoms. The first-order valence-electron chi connectivity index (χ1n) is 6.40. The second-order valence-electron chi connectivity index (χ2n) is 4.92. The quantitative estimate of drug-likeness (QED) is 0.876. The van der Waals surface area contributed by atoms with E-state index in [1.165, 1.54) is 12.1 Å². The van der Waals surface area contributed by atoms with Gasteiger partial charge in [-0.25, -0.2) is 8.42 Å². The molecule has 1 heterocycles. The van der Waals surface area contributed by atoms with Crippen molar-refractivity contribution in [3.05, 3.63) is 29.8 Å². The topological polar surface area (TPSA) is 74.7 Å². The van der Waals surface area contributed by atoms with Crippen molar-refractivity contribution in [2.45, 2.75) is 36.1 Å². The maximum absolute atomic E-state index is 12.4. The van der Waals surface area contributed by atoms with E-state index in [0.717, 1.165) is 18.6 Å². The van der Waals surface area contributed by atoms with Crippen molar-refractivity contribution < 1.29 is 27.1 Å². The van der Waals surface area contributed by atoms with Gasteiger partial charge in [0.25, 0.3) is 0 Å². The van der Waals surface area contributed by atoms with Gasteiger partial charge in [-0.2, -0.15) is 8.78 Å². The number of nitrogens with zero attached hydrogens (tertiary/aromatic N) is 1. The summed E-state index contributed by atoms with van der Waals surface area (Å²) in [5.74, 6) is -4.33. The molecule has 0 saturated carbocycles. The molecule has 0 spiro atoms. The predicted molar refractivity (Wildman–Crippen MR) is 77.9 cm³/mol. The van der Waals surface area contributed by atoms with Gasteiger partial charge >= 0.3 is 11.7 Å². The van der Waals surface area contributed by atoms with Crippen molar-refractivity contribution in [2.24, 2.45) is 0 Å². The molecule has 22 heavy (non-hydrogen) atoms. The zero-order chi connectivity index (χ0) is 15.6. The van der Waals surface area contributed by atoms with Gasteiger partial charge in [0, 0.05) is 6.54 Å². The number of carboxylic acids is 1. The molecule has 1 atom stereocenters. The smallest absolute Gasteiger partial charge is 0.341 e. The van der Waals surface area contributed by atoms with Crippen LogP contribution in [0.2, 0.25) is 0 Å². The maximum atomic E-state index is 12.4. The van der Waals surface area contributed by atoms with Crippen molar-refractivity contribution in [1.29, 1.82) is 0 Å². The highest BCUT2D eigenvalue weighted by Gasteiger charge is 2.30. The van der Waals surface area contributed by atoms with E-state index in [-0.39, 0.29) is 12.4 Å². The van der Waals surface area contributed by atoms with Gasteiger partial charge in [-0.05, 0) is 37.1 Å². The first-order valence-corrected chi connectivity index (χ1v) is 7.95. The lowest BCUT2D eigenvalue weighted by atomic mass is 10.2. The van der Waals surface area contributed by atoms with Crippen LogP contribution in [0.3, 0.4) is 0 Å². The molecule has 0 aliphatic carbocycles. The SMILES string of the molecule is Cl.O=C(O)C1CCCN1Cc1ccc(S(=O)(=O)C(F)F)cc1. The molecular formula is C13H16ClF2NO4S. The molecule has 1 unspecified atom stereocenters. The highest BCUT2D eigenvalue weighted by atomic mass is 35.5. The number of benzene rings is 1. The van der Waals surface area contributed by atoms with Crippen LogP contribution in [0, 0.1) is 0 Å². The molecular weight excluding hydrogens is 340 g/mol. The van der Waals surface area contributed by atoms with Gasteiger partial charge in [0.2, 0.25) is 9.84 Å². The van der Waals surface area contributed by atoms with Crippen LogP contribution in [0.15, 0.2) is 29.2 Å². The van der Waals surface area contributed by atoms with Crippen molar-refractivity contribution in [2.75, 3.05) is 6.54 Å². The third-order valence-corrected chi connectivity index (χ3v) is 4.92. The van der Waals surface area contributed by atoms with Crippen LogP contribution >= 0.6 is 12.4 Å². The summed E-state index contributed by atoms with van der Waals surface area (Å²) < 4.78 is 47.4. The highest BCUT2D eigenvalue weighted by Crippen LogP contribution is 2.22. The number of halogens is 3. The highest BCUT2D eigenvalue weighted by molar-refractivity contribution is 7.91. The second-order valence-corrected chi connectivity index (χ2v) is 6.83. The summed E-state index contributed by atoms with van der Waals surface area (Å²) in [5.41, 5.74) is 0.691. The van der Waals surface area contributed by atoms with E-state index in [0.29, 0.717) is 25.1 Å². The average molecular weight is 356 g/mol. The molecule has 9 heteroatoms. The number of carboxylic acid groups (broad SMARTS) is 1. The normalized spacial score (nSPS) is 19.1. The van der Waals surface area contributed by atoms with Gasteiger partial charge in [0.1, 0.15) is 6.04 Å². The molecule has 5 nitrogen and oxygen atoms in total. The van der Waals surface area contributed by atoms with Crippen LogP contribution in [0.25, 0.3) is 0 Å². The Morgan fingerprint density at radius 3 is 2.41 bits per heavy atom. The van der Waals surface area contributed by atoms with Gasteiger partial charge in [-0.3, -0.25) is 9.69 Å². The van der Waals surface area contributed by atoms with Gasteiger partial charge in [-0.1, -0.05) is 12.1 Å². The Labute approximate surface area is 133 Å². The Kier molecular flexibility index (Phi) is 6.27. The van der Waals surface area contributed by atoms with E-state index < -0.39 is 32.5 Å². The van der Waals surface area contributed by atoms with Crippen molar-refractivity contribution in [1.82, 2.24) is 4.90 Å². The van der Waals surface area contributed by atoms with E-state index in [9.17, 15) is 22.0 Å². The van der Waals surface area contributed by atoms with Crippen molar-refractivity contribution >= 4 is 28.2 Å². The Balaban J connectivity index is 0.00000242. The minimum atomic E-state index is -4.59. The number of rotatable bonds is 5. The third-order valence-electron chi connectivity index (χ3n) is 3.52. The lowest BCUT2D eigenvalue weighted by Gasteiger charge is -2.21. The number of hydrogen-bond donors (Lipinski definition) is 1. The van der Waals surface area contributed by atoms with E-state index >= 15 is 0 Å². The molecule has 0 radical (unpaired) electrons. The van der Waals surface area contributed by atoms with Crippen LogP contribution < -0.4 is 0 Å². The predicted octanol–water partition coefficient (Wildman–Crippen LogP) is 2.15. The molecule has 124 valence electrons. The van der Waals surface area contributed by atoms with Crippen LogP contribution in [-0.4, -0.2) is 42.7 Å². The Morgan fingerprint density at radius 1 is 1.32 bits per heavy atom. The summed E-state index contributed by atoms with van der Waals surface area (Å²) >= 11 is 0. The molecule has 0 amide bonds. The summed E-state index contributed by atoms with van der Waals surface area (Å²) in [7, 11) is -4.59. The van der Waals surface area contributed by atoms with Gasteiger partial charge in [0.15, 0.2) is 0 Å². The summed E-state index contributed by atoms with van der Waals surface area (Å²) in [6, 6.07) is 4.58. The molecule has 1 aromatic rings. The zero-order valence-corrected chi connectivity index (χ0v) is 13.1. The van der Waals surface area contributed by atoms with Crippen LogP contribution in [0.1, 0.15) is 18.4 Å². The summed E-state index contributed by atoms with van der Waals surface area (Å²) in [6.45, 7) is 1.00. The van der Waals surface area contributed by atoms with Crippen molar-refractivity contribution in [3.8, 4) is 0 Å².